The molecule has 0 aliphatic heterocycles. The van der Waals surface area contributed by atoms with Crippen LogP contribution in [0, 0.1) is 6.92 Å². The number of hydrogen-bond donors (Lipinski definition) is 0. The van der Waals surface area contributed by atoms with Crippen molar-refractivity contribution < 1.29 is 9.47 Å². The van der Waals surface area contributed by atoms with Gasteiger partial charge in [-0.05, 0) is 66.7 Å². The smallest absolute Gasteiger partial charge is 0.317 e. The van der Waals surface area contributed by atoms with E-state index in [1.165, 1.54) is 30.6 Å². The Kier molecular flexibility index (Phi) is 6.91. The molecule has 3 aromatic rings. The van der Waals surface area contributed by atoms with E-state index in [1.54, 1.807) is 13.3 Å². The number of hydrogen-bond acceptors (Lipinski definition) is 8. The molecular weight excluding hydrogens is 466 g/mol. The molecule has 3 heterocycles. The van der Waals surface area contributed by atoms with E-state index in [9.17, 15) is 0 Å². The normalized spacial score (nSPS) is 14.6. The van der Waals surface area contributed by atoms with Crippen LogP contribution in [0.15, 0.2) is 35.1 Å². The second-order valence-corrected chi connectivity index (χ2v) is 9.17. The van der Waals surface area contributed by atoms with Gasteiger partial charge in [-0.15, -0.1) is 0 Å². The molecule has 0 aromatic carbocycles. The zero-order chi connectivity index (χ0) is 20.9. The van der Waals surface area contributed by atoms with Gasteiger partial charge in [0.1, 0.15) is 18.7 Å². The molecule has 0 N–H and O–H groups in total. The highest BCUT2D eigenvalue weighted by Gasteiger charge is 2.19. The fraction of sp³-hybridized carbons (Fsp3) is 0.429. The third-order valence-corrected chi connectivity index (χ3v) is 6.39. The van der Waals surface area contributed by atoms with E-state index in [0.717, 1.165) is 44.5 Å². The number of methoxy groups -OCH3 is 1. The van der Waals surface area contributed by atoms with Gasteiger partial charge in [0.05, 0.1) is 10.6 Å². The largest absolute Gasteiger partial charge is 0.460 e. The molecule has 1 aliphatic rings. The number of aromatic nitrogens is 4. The number of aryl methyl sites for hydroxylation is 1. The highest BCUT2D eigenvalue weighted by molar-refractivity contribution is 9.10. The number of nitrogens with zero attached hydrogens (tertiary/aromatic N) is 5. The lowest BCUT2D eigenvalue weighted by atomic mass is 9.98. The highest BCUT2D eigenvalue weighted by Crippen LogP contribution is 2.34. The Morgan fingerprint density at radius 3 is 2.70 bits per heavy atom. The second kappa shape index (κ2) is 9.80. The number of halogens is 1. The van der Waals surface area contributed by atoms with Crippen molar-refractivity contribution in [1.82, 2.24) is 19.9 Å². The molecule has 1 fully saturated rings. The Labute approximate surface area is 188 Å². The van der Waals surface area contributed by atoms with E-state index in [-0.39, 0.29) is 6.10 Å². The van der Waals surface area contributed by atoms with Crippen LogP contribution >= 0.6 is 27.3 Å². The van der Waals surface area contributed by atoms with Crippen molar-refractivity contribution >= 4 is 38.2 Å². The predicted molar refractivity (Wildman–Crippen MR) is 121 cm³/mol. The third kappa shape index (κ3) is 5.14. The average molecular weight is 490 g/mol. The van der Waals surface area contributed by atoms with Crippen molar-refractivity contribution in [2.75, 3.05) is 18.7 Å². The zero-order valence-corrected chi connectivity index (χ0v) is 19.4. The first-order valence-electron chi connectivity index (χ1n) is 9.99. The van der Waals surface area contributed by atoms with Gasteiger partial charge in [-0.2, -0.15) is 4.98 Å². The van der Waals surface area contributed by atoms with E-state index in [2.05, 4.69) is 35.9 Å². The van der Waals surface area contributed by atoms with Gasteiger partial charge in [0, 0.05) is 29.7 Å². The van der Waals surface area contributed by atoms with Crippen LogP contribution in [-0.2, 0) is 4.74 Å². The van der Waals surface area contributed by atoms with Crippen molar-refractivity contribution in [3.63, 3.8) is 0 Å². The van der Waals surface area contributed by atoms with Crippen LogP contribution in [0.25, 0.3) is 10.6 Å². The van der Waals surface area contributed by atoms with Gasteiger partial charge < -0.3 is 9.47 Å². The quantitative estimate of drug-likeness (QED) is 0.404. The molecule has 158 valence electrons. The van der Waals surface area contributed by atoms with Crippen LogP contribution in [0.4, 0.5) is 10.9 Å². The van der Waals surface area contributed by atoms with Crippen LogP contribution in [-0.4, -0.2) is 39.9 Å². The summed E-state index contributed by atoms with van der Waals surface area (Å²) in [5, 5.41) is 0.785. The van der Waals surface area contributed by atoms with Crippen LogP contribution in [0.5, 0.6) is 6.01 Å². The van der Waals surface area contributed by atoms with Crippen molar-refractivity contribution in [2.24, 2.45) is 0 Å². The second-order valence-electron chi connectivity index (χ2n) is 7.24. The van der Waals surface area contributed by atoms with Gasteiger partial charge in [-0.1, -0.05) is 17.8 Å². The molecule has 30 heavy (non-hydrogen) atoms. The van der Waals surface area contributed by atoms with E-state index in [1.807, 2.05) is 36.2 Å². The van der Waals surface area contributed by atoms with Crippen molar-refractivity contribution in [3.8, 4) is 16.6 Å². The summed E-state index contributed by atoms with van der Waals surface area (Å²) in [7, 11) is 1.66. The first kappa shape index (κ1) is 21.1. The van der Waals surface area contributed by atoms with Gasteiger partial charge in [-0.25, -0.2) is 15.0 Å². The lowest BCUT2D eigenvalue weighted by Crippen LogP contribution is -2.21. The Morgan fingerprint density at radius 1 is 1.13 bits per heavy atom. The average Bonchev–Trinajstić information content (AvgIpc) is 3.23. The molecule has 1 aliphatic carbocycles. The molecule has 0 bridgehead atoms. The zero-order valence-electron chi connectivity index (χ0n) is 17.0. The monoisotopic (exact) mass is 489 g/mol. The number of anilines is 2. The topological polar surface area (TPSA) is 73.3 Å². The van der Waals surface area contributed by atoms with Crippen molar-refractivity contribution in [3.05, 3.63) is 40.8 Å². The molecule has 3 aromatic heterocycles. The van der Waals surface area contributed by atoms with Gasteiger partial charge in [0.15, 0.2) is 5.13 Å². The van der Waals surface area contributed by atoms with Gasteiger partial charge in [0.2, 0.25) is 0 Å². The molecule has 4 rings (SSSR count). The van der Waals surface area contributed by atoms with Crippen LogP contribution in [0.1, 0.15) is 37.8 Å². The summed E-state index contributed by atoms with van der Waals surface area (Å²) in [6.45, 7) is 2.31. The Balaban J connectivity index is 1.58. The summed E-state index contributed by atoms with van der Waals surface area (Å²) < 4.78 is 12.4. The molecular formula is C21H24BrN5O2S. The molecule has 0 spiro atoms. The van der Waals surface area contributed by atoms with E-state index < -0.39 is 0 Å². The molecule has 0 saturated heterocycles. The van der Waals surface area contributed by atoms with Crippen LogP contribution in [0.3, 0.4) is 0 Å². The maximum Gasteiger partial charge on any atom is 0.317 e. The first-order valence-corrected chi connectivity index (χ1v) is 11.6. The summed E-state index contributed by atoms with van der Waals surface area (Å²) in [6, 6.07) is 6.29. The fourth-order valence-corrected chi connectivity index (χ4v) is 4.54. The standard InChI is InChI=1S/C21H24BrN5O2S/c1-14-10-17(26-20(25-14)29-16-6-4-3-5-7-16)18-12-24-21(30-18)27(13-28-2)19-9-8-15(22)11-23-19/h8-12,16H,3-7,13H2,1-2H3. The number of rotatable bonds is 7. The Bertz CT molecular complexity index is 976. The van der Waals surface area contributed by atoms with Gasteiger partial charge in [0.25, 0.3) is 0 Å². The van der Waals surface area contributed by atoms with Crippen LogP contribution < -0.4 is 9.64 Å². The maximum atomic E-state index is 6.09. The minimum absolute atomic E-state index is 0.214. The summed E-state index contributed by atoms with van der Waals surface area (Å²) in [6.07, 6.45) is 9.65. The van der Waals surface area contributed by atoms with Gasteiger partial charge >= 0.3 is 6.01 Å². The van der Waals surface area contributed by atoms with Crippen LogP contribution in [0.2, 0.25) is 0 Å². The molecule has 0 radical (unpaired) electrons. The summed E-state index contributed by atoms with van der Waals surface area (Å²) >= 11 is 4.96. The molecule has 9 heteroatoms. The van der Waals surface area contributed by atoms with E-state index in [0.29, 0.717) is 12.7 Å². The number of thiazole rings is 1. The lowest BCUT2D eigenvalue weighted by molar-refractivity contribution is 0.142. The lowest BCUT2D eigenvalue weighted by Gasteiger charge is -2.22. The molecule has 1 saturated carbocycles. The maximum absolute atomic E-state index is 6.09. The molecule has 0 amide bonds. The van der Waals surface area contributed by atoms with E-state index >= 15 is 0 Å². The summed E-state index contributed by atoms with van der Waals surface area (Å²) in [5.41, 5.74) is 1.70. The minimum Gasteiger partial charge on any atom is -0.460 e. The molecule has 0 unspecified atom stereocenters. The fourth-order valence-electron chi connectivity index (χ4n) is 3.44. The predicted octanol–water partition coefficient (Wildman–Crippen LogP) is 5.52. The van der Waals surface area contributed by atoms with Crippen molar-refractivity contribution in [2.45, 2.75) is 45.1 Å². The van der Waals surface area contributed by atoms with Crippen molar-refractivity contribution in [1.29, 1.82) is 0 Å². The summed E-state index contributed by atoms with van der Waals surface area (Å²) in [5.74, 6) is 0.765. The molecule has 0 atom stereocenters. The van der Waals surface area contributed by atoms with E-state index in [4.69, 9.17) is 9.47 Å². The summed E-state index contributed by atoms with van der Waals surface area (Å²) in [4.78, 5) is 21.1. The number of ether oxygens (including phenoxy) is 2. The minimum atomic E-state index is 0.214. The highest BCUT2D eigenvalue weighted by atomic mass is 79.9. The van der Waals surface area contributed by atoms with Gasteiger partial charge in [-0.3, -0.25) is 4.90 Å². The number of pyridine rings is 1. The Morgan fingerprint density at radius 2 is 1.97 bits per heavy atom. The SMILES string of the molecule is COCN(c1ccc(Br)cn1)c1ncc(-c2cc(C)nc(OC3CCCCC3)n2)s1. The molecule has 7 nitrogen and oxygen atoms in total. The first-order chi connectivity index (χ1) is 14.6. The Hall–Kier alpha value is -2.10. The third-order valence-electron chi connectivity index (χ3n) is 4.88.